The fraction of sp³-hybridized carbons (Fsp3) is 0.289. The average Bonchev–Trinajstić information content (AvgIpc) is 3.44. The van der Waals surface area contributed by atoms with Crippen LogP contribution >= 0.6 is 0 Å². The van der Waals surface area contributed by atoms with Crippen LogP contribution in [-0.4, -0.2) is 70.4 Å². The third kappa shape index (κ3) is 7.60. The molecule has 4 atom stereocenters. The van der Waals surface area contributed by atoms with Gasteiger partial charge in [0.2, 0.25) is 0 Å². The molecular formula is C45H45N3O5. The molecule has 2 amide bonds. The third-order valence-electron chi connectivity index (χ3n) is 10.9. The minimum absolute atomic E-state index is 0.00173. The predicted molar refractivity (Wildman–Crippen MR) is 204 cm³/mol. The van der Waals surface area contributed by atoms with Crippen molar-refractivity contribution in [3.05, 3.63) is 166 Å². The van der Waals surface area contributed by atoms with Crippen LogP contribution in [0, 0.1) is 5.92 Å². The van der Waals surface area contributed by atoms with Gasteiger partial charge >= 0.3 is 0 Å². The number of aliphatic hydroxyl groups is 1. The molecule has 0 radical (unpaired) electrons. The SMILES string of the molecule is C[C@H]1[C@@H](CN2CCN(Cc3ccccc3)CC2)O[C@@H](c2cccc(-c3cccc(CN4C(=O)c5ccccc5C4=O)c3)c2)O[C@H]1c1ccc(CO)cc1. The highest BCUT2D eigenvalue weighted by Gasteiger charge is 2.40. The molecule has 0 aromatic heterocycles. The number of aliphatic hydroxyl groups excluding tert-OH is 1. The summed E-state index contributed by atoms with van der Waals surface area (Å²) in [6, 6.07) is 42.0. The van der Waals surface area contributed by atoms with E-state index in [0.717, 1.165) is 72.6 Å². The standard InChI is InChI=1S/C45H45N3O5/c1-31-41(29-47-23-21-46(22-24-47)27-32-9-3-2-4-10-32)52-45(53-42(31)35-19-17-33(30-49)18-20-35)38-14-8-13-37(26-38)36-12-7-11-34(25-36)28-48-43(50)39-15-5-6-16-40(39)44(48)51/h2-20,25-26,31,41-42,45,49H,21-24,27-30H2,1H3/t31-,41+,42+,45+/m0/s1. The Morgan fingerprint density at radius 1 is 0.604 bits per heavy atom. The molecule has 0 spiro atoms. The van der Waals surface area contributed by atoms with Crippen LogP contribution in [0.5, 0.6) is 0 Å². The lowest BCUT2D eigenvalue weighted by Gasteiger charge is -2.44. The lowest BCUT2D eigenvalue weighted by atomic mass is 9.89. The molecule has 270 valence electrons. The summed E-state index contributed by atoms with van der Waals surface area (Å²) in [7, 11) is 0. The summed E-state index contributed by atoms with van der Waals surface area (Å²) in [5.41, 5.74) is 7.96. The highest BCUT2D eigenvalue weighted by Crippen LogP contribution is 2.42. The molecule has 3 aliphatic rings. The van der Waals surface area contributed by atoms with Crippen molar-refractivity contribution in [1.82, 2.24) is 14.7 Å². The van der Waals surface area contributed by atoms with Crippen molar-refractivity contribution < 1.29 is 24.2 Å². The number of nitrogens with zero attached hydrogens (tertiary/aromatic N) is 3. The molecule has 3 aliphatic heterocycles. The number of hydrogen-bond donors (Lipinski definition) is 1. The molecule has 0 bridgehead atoms. The largest absolute Gasteiger partial charge is 0.392 e. The second-order valence-corrected chi connectivity index (χ2v) is 14.5. The molecule has 1 N–H and O–H groups in total. The van der Waals surface area contributed by atoms with E-state index in [2.05, 4.69) is 77.4 Å². The molecule has 5 aromatic carbocycles. The third-order valence-corrected chi connectivity index (χ3v) is 10.9. The summed E-state index contributed by atoms with van der Waals surface area (Å²) in [4.78, 5) is 32.5. The Labute approximate surface area is 311 Å². The molecule has 8 rings (SSSR count). The molecule has 2 saturated heterocycles. The van der Waals surface area contributed by atoms with Crippen molar-refractivity contribution in [2.75, 3.05) is 32.7 Å². The molecule has 8 heteroatoms. The Morgan fingerprint density at radius 3 is 1.92 bits per heavy atom. The van der Waals surface area contributed by atoms with E-state index >= 15 is 0 Å². The Balaban J connectivity index is 1.00. The molecule has 5 aromatic rings. The summed E-state index contributed by atoms with van der Waals surface area (Å²) in [6.07, 6.45) is -0.847. The monoisotopic (exact) mass is 707 g/mol. The first-order chi connectivity index (χ1) is 25.9. The van der Waals surface area contributed by atoms with Crippen molar-refractivity contribution >= 4 is 11.8 Å². The van der Waals surface area contributed by atoms with Gasteiger partial charge in [-0.05, 0) is 57.6 Å². The fourth-order valence-corrected chi connectivity index (χ4v) is 7.83. The number of piperazine rings is 1. The number of rotatable bonds is 10. The molecular weight excluding hydrogens is 663 g/mol. The number of carbonyl (C=O) groups is 2. The van der Waals surface area contributed by atoms with E-state index in [-0.39, 0.29) is 43.1 Å². The van der Waals surface area contributed by atoms with Gasteiger partial charge in [0.15, 0.2) is 6.29 Å². The van der Waals surface area contributed by atoms with Gasteiger partial charge in [-0.25, -0.2) is 0 Å². The van der Waals surface area contributed by atoms with Gasteiger partial charge in [-0.1, -0.05) is 110 Å². The first-order valence-corrected chi connectivity index (χ1v) is 18.6. The summed E-state index contributed by atoms with van der Waals surface area (Å²) < 4.78 is 13.7. The molecule has 0 saturated carbocycles. The van der Waals surface area contributed by atoms with Crippen LogP contribution in [-0.2, 0) is 29.2 Å². The smallest absolute Gasteiger partial charge is 0.261 e. The van der Waals surface area contributed by atoms with Crippen molar-refractivity contribution in [3.63, 3.8) is 0 Å². The second kappa shape index (κ2) is 15.6. The number of benzene rings is 5. The van der Waals surface area contributed by atoms with E-state index in [9.17, 15) is 14.7 Å². The summed E-state index contributed by atoms with van der Waals surface area (Å²) in [6.45, 7) is 8.17. The quantitative estimate of drug-likeness (QED) is 0.153. The van der Waals surface area contributed by atoms with Gasteiger partial charge in [0, 0.05) is 50.7 Å². The number of ether oxygens (including phenoxy) is 2. The highest BCUT2D eigenvalue weighted by atomic mass is 16.7. The van der Waals surface area contributed by atoms with Gasteiger partial charge < -0.3 is 14.6 Å². The number of carbonyl (C=O) groups excluding carboxylic acids is 2. The highest BCUT2D eigenvalue weighted by molar-refractivity contribution is 6.21. The van der Waals surface area contributed by atoms with Crippen LogP contribution in [0.4, 0.5) is 0 Å². The first kappa shape index (κ1) is 35.1. The normalized spacial score (nSPS) is 22.3. The zero-order valence-corrected chi connectivity index (χ0v) is 30.0. The minimum atomic E-state index is -0.584. The lowest BCUT2D eigenvalue weighted by Crippen LogP contribution is -2.51. The van der Waals surface area contributed by atoms with Crippen LogP contribution in [0.3, 0.4) is 0 Å². The zero-order valence-electron chi connectivity index (χ0n) is 30.0. The van der Waals surface area contributed by atoms with Gasteiger partial charge in [0.1, 0.15) is 0 Å². The maximum absolute atomic E-state index is 13.1. The van der Waals surface area contributed by atoms with E-state index in [0.29, 0.717) is 11.1 Å². The van der Waals surface area contributed by atoms with Crippen molar-refractivity contribution in [2.24, 2.45) is 5.92 Å². The minimum Gasteiger partial charge on any atom is -0.392 e. The van der Waals surface area contributed by atoms with Crippen molar-refractivity contribution in [1.29, 1.82) is 0 Å². The summed E-state index contributed by atoms with van der Waals surface area (Å²) in [5.74, 6) is -0.429. The summed E-state index contributed by atoms with van der Waals surface area (Å²) in [5, 5.41) is 9.68. The molecule has 0 unspecified atom stereocenters. The Hall–Kier alpha value is -4.96. The van der Waals surface area contributed by atoms with E-state index in [4.69, 9.17) is 9.47 Å². The fourth-order valence-electron chi connectivity index (χ4n) is 7.83. The topological polar surface area (TPSA) is 82.6 Å². The molecule has 8 nitrogen and oxygen atoms in total. The lowest BCUT2D eigenvalue weighted by molar-refractivity contribution is -0.276. The molecule has 2 fully saturated rings. The van der Waals surface area contributed by atoms with E-state index in [1.54, 1.807) is 24.3 Å². The van der Waals surface area contributed by atoms with Crippen LogP contribution in [0.2, 0.25) is 0 Å². The molecule has 0 aliphatic carbocycles. The van der Waals surface area contributed by atoms with Crippen LogP contribution < -0.4 is 0 Å². The van der Waals surface area contributed by atoms with Crippen LogP contribution in [0.15, 0.2) is 127 Å². The maximum Gasteiger partial charge on any atom is 0.261 e. The van der Waals surface area contributed by atoms with Crippen LogP contribution in [0.25, 0.3) is 11.1 Å². The molecule has 3 heterocycles. The zero-order chi connectivity index (χ0) is 36.3. The predicted octanol–water partition coefficient (Wildman–Crippen LogP) is 7.25. The van der Waals surface area contributed by atoms with E-state index in [1.165, 1.54) is 10.5 Å². The van der Waals surface area contributed by atoms with Gasteiger partial charge in [-0.15, -0.1) is 0 Å². The van der Waals surface area contributed by atoms with Crippen molar-refractivity contribution in [3.8, 4) is 11.1 Å². The van der Waals surface area contributed by atoms with Crippen LogP contribution in [0.1, 0.15) is 67.9 Å². The Morgan fingerprint density at radius 2 is 1.23 bits per heavy atom. The van der Waals surface area contributed by atoms with Crippen molar-refractivity contribution in [2.45, 2.75) is 45.1 Å². The number of hydrogen-bond acceptors (Lipinski definition) is 7. The Kier molecular flexibility index (Phi) is 10.3. The Bertz CT molecular complexity index is 2030. The second-order valence-electron chi connectivity index (χ2n) is 14.5. The van der Waals surface area contributed by atoms with Gasteiger partial charge in [0.05, 0.1) is 36.5 Å². The average molecular weight is 708 g/mol. The van der Waals surface area contributed by atoms with Gasteiger partial charge in [-0.2, -0.15) is 0 Å². The van der Waals surface area contributed by atoms with E-state index < -0.39 is 6.29 Å². The maximum atomic E-state index is 13.1. The number of amides is 2. The first-order valence-electron chi connectivity index (χ1n) is 18.6. The van der Waals surface area contributed by atoms with E-state index in [1.807, 2.05) is 42.5 Å². The van der Waals surface area contributed by atoms with Gasteiger partial charge in [-0.3, -0.25) is 24.3 Å². The molecule has 53 heavy (non-hydrogen) atoms. The number of fused-ring (bicyclic) bond motifs is 1. The summed E-state index contributed by atoms with van der Waals surface area (Å²) >= 11 is 0. The van der Waals surface area contributed by atoms with Gasteiger partial charge in [0.25, 0.3) is 11.8 Å². The number of imide groups is 1.